The minimum Gasteiger partial charge on any atom is -0.494 e. The van der Waals surface area contributed by atoms with E-state index >= 15 is 0 Å². The van der Waals surface area contributed by atoms with Gasteiger partial charge in [-0.25, -0.2) is 0 Å². The number of halogens is 2. The van der Waals surface area contributed by atoms with E-state index < -0.39 is 6.61 Å². The van der Waals surface area contributed by atoms with Gasteiger partial charge in [-0.2, -0.15) is 8.78 Å². The lowest BCUT2D eigenvalue weighted by Gasteiger charge is -2.12. The smallest absolute Gasteiger partial charge is 0.387 e. The Bertz CT molecular complexity index is 663. The number of alkyl halides is 2. The summed E-state index contributed by atoms with van der Waals surface area (Å²) in [7, 11) is 0. The van der Waals surface area contributed by atoms with E-state index in [0.29, 0.717) is 6.61 Å². The topological polar surface area (TPSA) is 59.6 Å². The number of para-hydroxylation sites is 2. The first-order valence-corrected chi connectivity index (χ1v) is 7.39. The Morgan fingerprint density at radius 3 is 2.50 bits per heavy atom. The van der Waals surface area contributed by atoms with Crippen LogP contribution in [0.1, 0.15) is 6.92 Å². The maximum atomic E-state index is 12.3. The average molecular weight is 336 g/mol. The summed E-state index contributed by atoms with van der Waals surface area (Å²) < 4.78 is 34.4. The maximum absolute atomic E-state index is 12.3. The Kier molecular flexibility index (Phi) is 6.36. The van der Waals surface area contributed by atoms with Crippen molar-refractivity contribution in [2.75, 3.05) is 23.8 Å². The van der Waals surface area contributed by atoms with Gasteiger partial charge in [0.15, 0.2) is 0 Å². The van der Waals surface area contributed by atoms with Crippen molar-refractivity contribution in [1.29, 1.82) is 0 Å². The average Bonchev–Trinajstić information content (AvgIpc) is 2.56. The quantitative estimate of drug-likeness (QED) is 0.771. The van der Waals surface area contributed by atoms with Crippen LogP contribution in [0, 0.1) is 0 Å². The van der Waals surface area contributed by atoms with Crippen molar-refractivity contribution in [2.24, 2.45) is 0 Å². The lowest BCUT2D eigenvalue weighted by Crippen LogP contribution is -2.22. The second kappa shape index (κ2) is 8.71. The molecular weight excluding hydrogens is 318 g/mol. The van der Waals surface area contributed by atoms with Gasteiger partial charge in [0.25, 0.3) is 0 Å². The van der Waals surface area contributed by atoms with E-state index in [1.54, 1.807) is 36.4 Å². The third-order valence-electron chi connectivity index (χ3n) is 3.00. The van der Waals surface area contributed by atoms with Crippen LogP contribution in [0.2, 0.25) is 0 Å². The summed E-state index contributed by atoms with van der Waals surface area (Å²) in [6.07, 6.45) is 0. The zero-order valence-electron chi connectivity index (χ0n) is 13.1. The van der Waals surface area contributed by atoms with Gasteiger partial charge in [-0.3, -0.25) is 4.79 Å². The molecule has 0 saturated carbocycles. The van der Waals surface area contributed by atoms with Crippen molar-refractivity contribution in [2.45, 2.75) is 13.5 Å². The summed E-state index contributed by atoms with van der Waals surface area (Å²) in [5, 5.41) is 5.47. The molecule has 0 bridgehead atoms. The van der Waals surface area contributed by atoms with Gasteiger partial charge in [-0.05, 0) is 43.3 Å². The molecule has 0 spiro atoms. The molecule has 24 heavy (non-hydrogen) atoms. The number of rotatable bonds is 8. The monoisotopic (exact) mass is 336 g/mol. The van der Waals surface area contributed by atoms with E-state index in [0.717, 1.165) is 11.4 Å². The molecule has 0 aliphatic heterocycles. The molecule has 5 nitrogen and oxygen atoms in total. The van der Waals surface area contributed by atoms with E-state index in [1.165, 1.54) is 12.1 Å². The normalized spacial score (nSPS) is 10.3. The summed E-state index contributed by atoms with van der Waals surface area (Å²) in [5.74, 6) is 0.279. The maximum Gasteiger partial charge on any atom is 0.387 e. The molecular formula is C17H18F2N2O3. The van der Waals surface area contributed by atoms with Crippen molar-refractivity contribution < 1.29 is 23.0 Å². The van der Waals surface area contributed by atoms with Gasteiger partial charge in [0.05, 0.1) is 18.8 Å². The van der Waals surface area contributed by atoms with Crippen LogP contribution in [0.25, 0.3) is 0 Å². The van der Waals surface area contributed by atoms with E-state index in [4.69, 9.17) is 4.74 Å². The highest BCUT2D eigenvalue weighted by atomic mass is 19.3. The van der Waals surface area contributed by atoms with Gasteiger partial charge in [0, 0.05) is 5.69 Å². The molecule has 0 aliphatic rings. The van der Waals surface area contributed by atoms with Crippen LogP contribution in [0.15, 0.2) is 48.5 Å². The highest BCUT2D eigenvalue weighted by molar-refractivity contribution is 5.95. The van der Waals surface area contributed by atoms with Gasteiger partial charge >= 0.3 is 6.61 Å². The summed E-state index contributed by atoms with van der Waals surface area (Å²) in [4.78, 5) is 12.0. The number of hydrogen-bond donors (Lipinski definition) is 2. The molecule has 2 aromatic carbocycles. The molecule has 0 saturated heterocycles. The van der Waals surface area contributed by atoms with Crippen molar-refractivity contribution >= 4 is 17.3 Å². The summed E-state index contributed by atoms with van der Waals surface area (Å²) in [5.41, 5.74) is 0.932. The molecule has 0 fully saturated rings. The Labute approximate surface area is 138 Å². The number of hydrogen-bond acceptors (Lipinski definition) is 4. The second-order valence-corrected chi connectivity index (χ2v) is 4.73. The fourth-order valence-corrected chi connectivity index (χ4v) is 1.98. The van der Waals surface area contributed by atoms with Gasteiger partial charge in [-0.1, -0.05) is 12.1 Å². The van der Waals surface area contributed by atoms with E-state index in [1.807, 2.05) is 6.92 Å². The van der Waals surface area contributed by atoms with Gasteiger partial charge in [0.2, 0.25) is 5.91 Å². The fourth-order valence-electron chi connectivity index (χ4n) is 1.98. The predicted molar refractivity (Wildman–Crippen MR) is 87.8 cm³/mol. The van der Waals surface area contributed by atoms with Crippen LogP contribution in [0.4, 0.5) is 20.2 Å². The molecule has 2 rings (SSSR count). The zero-order chi connectivity index (χ0) is 17.4. The van der Waals surface area contributed by atoms with Crippen LogP contribution in [-0.2, 0) is 4.79 Å². The van der Waals surface area contributed by atoms with Gasteiger partial charge < -0.3 is 20.1 Å². The minimum atomic E-state index is -2.95. The van der Waals surface area contributed by atoms with Crippen LogP contribution in [-0.4, -0.2) is 25.7 Å². The molecule has 0 aliphatic carbocycles. The Balaban J connectivity index is 1.89. The van der Waals surface area contributed by atoms with Crippen molar-refractivity contribution in [1.82, 2.24) is 0 Å². The fraction of sp³-hybridized carbons (Fsp3) is 0.235. The summed E-state index contributed by atoms with van der Waals surface area (Å²) in [6, 6.07) is 13.2. The number of carbonyl (C=O) groups excluding carboxylic acids is 1. The first-order valence-electron chi connectivity index (χ1n) is 7.39. The molecule has 2 N–H and O–H groups in total. The Morgan fingerprint density at radius 1 is 1.12 bits per heavy atom. The molecule has 0 unspecified atom stereocenters. The predicted octanol–water partition coefficient (Wildman–Crippen LogP) is 3.74. The van der Waals surface area contributed by atoms with E-state index in [2.05, 4.69) is 15.4 Å². The SMILES string of the molecule is CCOc1ccc(NCC(=O)Nc2ccccc2OC(F)F)cc1. The number of amides is 1. The molecule has 2 aromatic rings. The highest BCUT2D eigenvalue weighted by Crippen LogP contribution is 2.25. The van der Waals surface area contributed by atoms with Crippen LogP contribution >= 0.6 is 0 Å². The number of anilines is 2. The number of nitrogens with one attached hydrogen (secondary N) is 2. The first-order chi connectivity index (χ1) is 11.6. The summed E-state index contributed by atoms with van der Waals surface area (Å²) >= 11 is 0. The second-order valence-electron chi connectivity index (χ2n) is 4.73. The molecule has 0 atom stereocenters. The number of benzene rings is 2. The van der Waals surface area contributed by atoms with Crippen LogP contribution < -0.4 is 20.1 Å². The van der Waals surface area contributed by atoms with E-state index in [-0.39, 0.29) is 23.9 Å². The molecule has 0 radical (unpaired) electrons. The Morgan fingerprint density at radius 2 is 1.83 bits per heavy atom. The van der Waals surface area contributed by atoms with E-state index in [9.17, 15) is 13.6 Å². The number of carbonyl (C=O) groups is 1. The molecule has 1 amide bonds. The largest absolute Gasteiger partial charge is 0.494 e. The first kappa shape index (κ1) is 17.5. The summed E-state index contributed by atoms with van der Waals surface area (Å²) in [6.45, 7) is -0.497. The standard InChI is InChI=1S/C17H18F2N2O3/c1-2-23-13-9-7-12(8-10-13)20-11-16(22)21-14-5-3-4-6-15(14)24-17(18)19/h3-10,17,20H,2,11H2,1H3,(H,21,22). The highest BCUT2D eigenvalue weighted by Gasteiger charge is 2.11. The van der Waals surface area contributed by atoms with Crippen LogP contribution in [0.3, 0.4) is 0 Å². The lowest BCUT2D eigenvalue weighted by molar-refractivity contribution is -0.114. The van der Waals surface area contributed by atoms with Crippen molar-refractivity contribution in [3.05, 3.63) is 48.5 Å². The molecule has 128 valence electrons. The third-order valence-corrected chi connectivity index (χ3v) is 3.00. The Hall–Kier alpha value is -2.83. The third kappa shape index (κ3) is 5.42. The van der Waals surface area contributed by atoms with Gasteiger partial charge in [0.1, 0.15) is 11.5 Å². The lowest BCUT2D eigenvalue weighted by atomic mass is 10.3. The zero-order valence-corrected chi connectivity index (χ0v) is 13.1. The van der Waals surface area contributed by atoms with Crippen molar-refractivity contribution in [3.8, 4) is 11.5 Å². The molecule has 0 aromatic heterocycles. The molecule has 7 heteroatoms. The molecule has 0 heterocycles. The van der Waals surface area contributed by atoms with Crippen molar-refractivity contribution in [3.63, 3.8) is 0 Å². The minimum absolute atomic E-state index is 0.0169. The van der Waals surface area contributed by atoms with Crippen LogP contribution in [0.5, 0.6) is 11.5 Å². The van der Waals surface area contributed by atoms with Gasteiger partial charge in [-0.15, -0.1) is 0 Å². The number of ether oxygens (including phenoxy) is 2.